The van der Waals surface area contributed by atoms with E-state index in [9.17, 15) is 18.0 Å². The van der Waals surface area contributed by atoms with Crippen molar-refractivity contribution in [3.05, 3.63) is 40.5 Å². The smallest absolute Gasteiger partial charge is 0.416 e. The highest BCUT2D eigenvalue weighted by Crippen LogP contribution is 2.33. The van der Waals surface area contributed by atoms with Gasteiger partial charge in [0.15, 0.2) is 0 Å². The molecule has 2 rings (SSSR count). The molecule has 0 unspecified atom stereocenters. The average Bonchev–Trinajstić information content (AvgIpc) is 2.58. The van der Waals surface area contributed by atoms with Crippen LogP contribution in [0.3, 0.4) is 0 Å². The Morgan fingerprint density at radius 1 is 1.31 bits per heavy atom. The summed E-state index contributed by atoms with van der Waals surface area (Å²) < 4.78 is 37.1. The molecule has 0 aliphatic heterocycles. The first-order chi connectivity index (χ1) is 7.38. The third kappa shape index (κ3) is 1.80. The minimum absolute atomic E-state index is 0.0502. The zero-order chi connectivity index (χ0) is 11.9. The average molecular weight is 228 g/mol. The lowest BCUT2D eigenvalue weighted by molar-refractivity contribution is -0.137. The number of carboxylic acid groups (broad SMARTS) is 1. The summed E-state index contributed by atoms with van der Waals surface area (Å²) in [6, 6.07) is 3.26. The number of halogens is 3. The Morgan fingerprint density at radius 2 is 2.00 bits per heavy atom. The summed E-state index contributed by atoms with van der Waals surface area (Å²) in [5, 5.41) is 8.72. The van der Waals surface area contributed by atoms with E-state index in [0.29, 0.717) is 11.1 Å². The molecule has 0 amide bonds. The van der Waals surface area contributed by atoms with Crippen molar-refractivity contribution in [3.63, 3.8) is 0 Å². The lowest BCUT2D eigenvalue weighted by Crippen LogP contribution is -2.05. The number of rotatable bonds is 1. The van der Waals surface area contributed by atoms with Gasteiger partial charge in [0, 0.05) is 12.0 Å². The second-order valence-corrected chi connectivity index (χ2v) is 3.56. The van der Waals surface area contributed by atoms with Crippen LogP contribution in [-0.2, 0) is 17.4 Å². The Balaban J connectivity index is 2.37. The van der Waals surface area contributed by atoms with Crippen molar-refractivity contribution in [2.45, 2.75) is 12.6 Å². The monoisotopic (exact) mass is 228 g/mol. The van der Waals surface area contributed by atoms with E-state index in [0.717, 1.165) is 12.1 Å². The van der Waals surface area contributed by atoms with Crippen molar-refractivity contribution in [2.24, 2.45) is 0 Å². The van der Waals surface area contributed by atoms with Crippen LogP contribution < -0.4 is 0 Å². The fourth-order valence-electron chi connectivity index (χ4n) is 1.66. The van der Waals surface area contributed by atoms with Gasteiger partial charge in [0.1, 0.15) is 0 Å². The van der Waals surface area contributed by atoms with Crippen molar-refractivity contribution in [1.29, 1.82) is 0 Å². The first-order valence-electron chi connectivity index (χ1n) is 4.52. The van der Waals surface area contributed by atoms with E-state index in [1.165, 1.54) is 12.1 Å². The zero-order valence-electron chi connectivity index (χ0n) is 8.01. The third-order valence-corrected chi connectivity index (χ3v) is 2.46. The van der Waals surface area contributed by atoms with Crippen molar-refractivity contribution in [2.75, 3.05) is 0 Å². The molecule has 0 bridgehead atoms. The molecule has 1 aromatic carbocycles. The van der Waals surface area contributed by atoms with Crippen molar-refractivity contribution in [1.82, 2.24) is 0 Å². The number of hydrogen-bond acceptors (Lipinski definition) is 1. The summed E-state index contributed by atoms with van der Waals surface area (Å²) in [7, 11) is 0. The molecular weight excluding hydrogens is 221 g/mol. The van der Waals surface area contributed by atoms with Gasteiger partial charge in [0.25, 0.3) is 0 Å². The highest BCUT2D eigenvalue weighted by Gasteiger charge is 2.31. The van der Waals surface area contributed by atoms with Crippen molar-refractivity contribution >= 4 is 12.0 Å². The Labute approximate surface area is 89.0 Å². The van der Waals surface area contributed by atoms with Crippen molar-refractivity contribution in [3.8, 4) is 0 Å². The predicted octanol–water partition coefficient (Wildman–Crippen LogP) is 2.73. The van der Waals surface area contributed by atoms with Crippen LogP contribution in [0.15, 0.2) is 23.8 Å². The minimum atomic E-state index is -4.39. The van der Waals surface area contributed by atoms with Gasteiger partial charge in [-0.05, 0) is 29.3 Å². The Hall–Kier alpha value is -1.78. The van der Waals surface area contributed by atoms with Crippen LogP contribution in [0.5, 0.6) is 0 Å². The van der Waals surface area contributed by atoms with Crippen molar-refractivity contribution < 1.29 is 23.1 Å². The predicted molar refractivity (Wildman–Crippen MR) is 50.8 cm³/mol. The molecule has 0 saturated carbocycles. The van der Waals surface area contributed by atoms with Gasteiger partial charge in [0.05, 0.1) is 5.56 Å². The number of hydrogen-bond donors (Lipinski definition) is 1. The first-order valence-corrected chi connectivity index (χ1v) is 4.52. The van der Waals surface area contributed by atoms with Crippen LogP contribution in [-0.4, -0.2) is 11.1 Å². The summed E-state index contributed by atoms with van der Waals surface area (Å²) in [6.45, 7) is 0. The van der Waals surface area contributed by atoms with Gasteiger partial charge >= 0.3 is 12.1 Å². The number of alkyl halides is 3. The summed E-state index contributed by atoms with van der Waals surface area (Å²) in [5.41, 5.74) is 0.332. The highest BCUT2D eigenvalue weighted by atomic mass is 19.4. The maximum atomic E-state index is 12.4. The van der Waals surface area contributed by atoms with Gasteiger partial charge in [0.2, 0.25) is 0 Å². The van der Waals surface area contributed by atoms with Gasteiger partial charge < -0.3 is 5.11 Å². The molecule has 0 radical (unpaired) electrons. The molecule has 0 atom stereocenters. The number of carboxylic acids is 1. The second-order valence-electron chi connectivity index (χ2n) is 3.56. The Morgan fingerprint density at radius 3 is 2.56 bits per heavy atom. The number of benzene rings is 1. The van der Waals surface area contributed by atoms with E-state index in [4.69, 9.17) is 5.11 Å². The molecule has 84 valence electrons. The lowest BCUT2D eigenvalue weighted by Gasteiger charge is -2.08. The standard InChI is InChI=1S/C11H7F3O2/c12-11(13,14)9-2-1-6-3-8(10(15)16)4-7(6)5-9/h1-3,5H,4H2,(H,15,16). The molecule has 0 saturated heterocycles. The molecule has 1 N–H and O–H groups in total. The van der Waals surface area contributed by atoms with Crippen LogP contribution in [0, 0.1) is 0 Å². The lowest BCUT2D eigenvalue weighted by atomic mass is 10.1. The molecule has 0 heterocycles. The SMILES string of the molecule is O=C(O)C1=Cc2ccc(C(F)(F)F)cc2C1. The fraction of sp³-hybridized carbons (Fsp3) is 0.182. The van der Waals surface area contributed by atoms with Gasteiger partial charge in [-0.2, -0.15) is 13.2 Å². The number of carbonyl (C=O) groups is 1. The maximum absolute atomic E-state index is 12.4. The molecule has 0 spiro atoms. The van der Waals surface area contributed by atoms with E-state index in [-0.39, 0.29) is 12.0 Å². The summed E-state index contributed by atoms with van der Waals surface area (Å²) in [4.78, 5) is 10.7. The first kappa shape index (κ1) is 10.7. The highest BCUT2D eigenvalue weighted by molar-refractivity contribution is 5.95. The Kier molecular flexibility index (Phi) is 2.26. The molecular formula is C11H7F3O2. The summed E-state index contributed by atoms with van der Waals surface area (Å²) >= 11 is 0. The van der Waals surface area contributed by atoms with E-state index in [2.05, 4.69) is 0 Å². The Bertz CT molecular complexity index is 486. The van der Waals surface area contributed by atoms with Gasteiger partial charge in [-0.1, -0.05) is 6.07 Å². The normalized spacial score (nSPS) is 14.6. The van der Waals surface area contributed by atoms with Crippen LogP contribution in [0.4, 0.5) is 13.2 Å². The van der Waals surface area contributed by atoms with Crippen LogP contribution in [0.2, 0.25) is 0 Å². The molecule has 5 heteroatoms. The largest absolute Gasteiger partial charge is 0.478 e. The van der Waals surface area contributed by atoms with Gasteiger partial charge in [-0.25, -0.2) is 4.79 Å². The fourth-order valence-corrected chi connectivity index (χ4v) is 1.66. The van der Waals surface area contributed by atoms with Gasteiger partial charge in [-0.15, -0.1) is 0 Å². The molecule has 0 fully saturated rings. The van der Waals surface area contributed by atoms with E-state index in [1.807, 2.05) is 0 Å². The second kappa shape index (κ2) is 3.37. The summed E-state index contributed by atoms with van der Waals surface area (Å²) in [6.07, 6.45) is -2.94. The van der Waals surface area contributed by atoms with Crippen LogP contribution in [0.1, 0.15) is 16.7 Å². The van der Waals surface area contributed by atoms with Crippen LogP contribution >= 0.6 is 0 Å². The van der Waals surface area contributed by atoms with Gasteiger partial charge in [-0.3, -0.25) is 0 Å². The molecule has 0 aromatic heterocycles. The summed E-state index contributed by atoms with van der Waals surface area (Å²) in [5.74, 6) is -1.09. The topological polar surface area (TPSA) is 37.3 Å². The minimum Gasteiger partial charge on any atom is -0.478 e. The van der Waals surface area contributed by atoms with E-state index in [1.54, 1.807) is 0 Å². The maximum Gasteiger partial charge on any atom is 0.416 e. The number of aliphatic carboxylic acids is 1. The molecule has 1 aromatic rings. The van der Waals surface area contributed by atoms with E-state index >= 15 is 0 Å². The zero-order valence-corrected chi connectivity index (χ0v) is 8.01. The quantitative estimate of drug-likeness (QED) is 0.802. The molecule has 16 heavy (non-hydrogen) atoms. The molecule has 1 aliphatic carbocycles. The number of fused-ring (bicyclic) bond motifs is 1. The van der Waals surface area contributed by atoms with Crippen LogP contribution in [0.25, 0.3) is 6.08 Å². The third-order valence-electron chi connectivity index (χ3n) is 2.46. The van der Waals surface area contributed by atoms with E-state index < -0.39 is 17.7 Å². The molecule has 1 aliphatic rings. The molecule has 2 nitrogen and oxygen atoms in total.